The van der Waals surface area contributed by atoms with Gasteiger partial charge >= 0.3 is 0 Å². The van der Waals surface area contributed by atoms with Crippen LogP contribution in [0.5, 0.6) is 5.75 Å². The van der Waals surface area contributed by atoms with Gasteiger partial charge < -0.3 is 10.5 Å². The van der Waals surface area contributed by atoms with Gasteiger partial charge in [0, 0.05) is 17.5 Å². The van der Waals surface area contributed by atoms with E-state index in [9.17, 15) is 8.78 Å². The van der Waals surface area contributed by atoms with Gasteiger partial charge in [0.25, 0.3) is 0 Å². The number of nitrogens with two attached hydrogens (primary N) is 1. The average molecular weight is 320 g/mol. The van der Waals surface area contributed by atoms with Crippen LogP contribution in [0.15, 0.2) is 10.5 Å². The number of hydrogen-bond acceptors (Lipinski definition) is 2. The highest BCUT2D eigenvalue weighted by Crippen LogP contribution is 2.46. The van der Waals surface area contributed by atoms with Gasteiger partial charge in [0.1, 0.15) is 5.82 Å². The van der Waals surface area contributed by atoms with Crippen LogP contribution >= 0.6 is 15.9 Å². The Morgan fingerprint density at radius 3 is 2.50 bits per heavy atom. The third-order valence-corrected chi connectivity index (χ3v) is 4.57. The number of rotatable bonds is 3. The molecule has 2 nitrogen and oxygen atoms in total. The Balaban J connectivity index is 2.62. The molecule has 0 aromatic heterocycles. The molecule has 5 heteroatoms. The van der Waals surface area contributed by atoms with E-state index in [0.717, 1.165) is 25.7 Å². The van der Waals surface area contributed by atoms with Crippen LogP contribution < -0.4 is 10.5 Å². The molecular formula is C13H16BrF2NO. The molecule has 2 rings (SSSR count). The van der Waals surface area contributed by atoms with Crippen LogP contribution in [-0.2, 0) is 5.41 Å². The molecule has 0 bridgehead atoms. The van der Waals surface area contributed by atoms with E-state index >= 15 is 0 Å². The fourth-order valence-electron chi connectivity index (χ4n) is 2.81. The van der Waals surface area contributed by atoms with E-state index in [1.807, 2.05) is 0 Å². The highest BCUT2D eigenvalue weighted by Gasteiger charge is 2.38. The van der Waals surface area contributed by atoms with E-state index in [2.05, 4.69) is 15.9 Å². The number of halogens is 3. The first-order valence-electron chi connectivity index (χ1n) is 5.98. The Morgan fingerprint density at radius 2 is 2.00 bits per heavy atom. The maximum absolute atomic E-state index is 14.0. The lowest BCUT2D eigenvalue weighted by Gasteiger charge is -2.30. The number of ether oxygens (including phenoxy) is 1. The summed E-state index contributed by atoms with van der Waals surface area (Å²) in [6, 6.07) is 1.35. The minimum absolute atomic E-state index is 0.107. The molecule has 0 radical (unpaired) electrons. The zero-order chi connectivity index (χ0) is 13.3. The number of benzene rings is 1. The molecule has 1 aromatic rings. The molecule has 100 valence electrons. The van der Waals surface area contributed by atoms with Crippen molar-refractivity contribution in [3.8, 4) is 5.75 Å². The molecule has 0 atom stereocenters. The molecule has 0 heterocycles. The van der Waals surface area contributed by atoms with Crippen LogP contribution in [-0.4, -0.2) is 13.7 Å². The summed E-state index contributed by atoms with van der Waals surface area (Å²) in [5, 5.41) is 0. The lowest BCUT2D eigenvalue weighted by atomic mass is 9.78. The Hall–Kier alpha value is -0.680. The molecule has 1 fully saturated rings. The van der Waals surface area contributed by atoms with Crippen LogP contribution in [0.4, 0.5) is 8.78 Å². The smallest absolute Gasteiger partial charge is 0.182 e. The summed E-state index contributed by atoms with van der Waals surface area (Å²) in [5.74, 6) is -1.19. The van der Waals surface area contributed by atoms with E-state index in [-0.39, 0.29) is 15.6 Å². The zero-order valence-electron chi connectivity index (χ0n) is 10.2. The van der Waals surface area contributed by atoms with Crippen molar-refractivity contribution in [2.75, 3.05) is 13.7 Å². The summed E-state index contributed by atoms with van der Waals surface area (Å²) in [5.41, 5.74) is 6.06. The lowest BCUT2D eigenvalue weighted by Crippen LogP contribution is -2.33. The van der Waals surface area contributed by atoms with Crippen molar-refractivity contribution in [1.82, 2.24) is 0 Å². The van der Waals surface area contributed by atoms with Crippen LogP contribution in [0.3, 0.4) is 0 Å². The van der Waals surface area contributed by atoms with Gasteiger partial charge in [-0.15, -0.1) is 0 Å². The zero-order valence-corrected chi connectivity index (χ0v) is 11.8. The fraction of sp³-hybridized carbons (Fsp3) is 0.538. The predicted octanol–water partition coefficient (Wildman–Crippen LogP) is 3.51. The maximum atomic E-state index is 14.0. The first-order chi connectivity index (χ1) is 8.55. The van der Waals surface area contributed by atoms with E-state index in [0.29, 0.717) is 12.1 Å². The lowest BCUT2D eigenvalue weighted by molar-refractivity contribution is 0.351. The molecule has 0 amide bonds. The third-order valence-electron chi connectivity index (χ3n) is 3.84. The molecule has 0 aliphatic heterocycles. The highest BCUT2D eigenvalue weighted by molar-refractivity contribution is 9.10. The van der Waals surface area contributed by atoms with Crippen LogP contribution in [0.2, 0.25) is 0 Å². The predicted molar refractivity (Wildman–Crippen MR) is 69.8 cm³/mol. The second kappa shape index (κ2) is 5.13. The molecule has 1 saturated carbocycles. The van der Waals surface area contributed by atoms with Gasteiger partial charge in [0.15, 0.2) is 11.6 Å². The fourth-order valence-corrected chi connectivity index (χ4v) is 3.10. The average Bonchev–Trinajstić information content (AvgIpc) is 2.85. The highest BCUT2D eigenvalue weighted by atomic mass is 79.9. The van der Waals surface area contributed by atoms with Crippen molar-refractivity contribution < 1.29 is 13.5 Å². The first-order valence-corrected chi connectivity index (χ1v) is 6.77. The minimum atomic E-state index is -0.688. The Kier molecular flexibility index (Phi) is 3.92. The standard InChI is InChI=1S/C13H16BrF2NO/c1-18-12-8(6-9(15)10(14)11(12)16)13(7-17)4-2-3-5-13/h6H,2-5,7,17H2,1H3. The largest absolute Gasteiger partial charge is 0.493 e. The molecule has 0 unspecified atom stereocenters. The Labute approximate surface area is 114 Å². The van der Waals surface area contributed by atoms with Gasteiger partial charge in [-0.3, -0.25) is 0 Å². The number of methoxy groups -OCH3 is 1. The van der Waals surface area contributed by atoms with E-state index in [1.54, 1.807) is 0 Å². The summed E-state index contributed by atoms with van der Waals surface area (Å²) in [6.07, 6.45) is 3.75. The van der Waals surface area contributed by atoms with Crippen molar-refractivity contribution in [3.05, 3.63) is 27.7 Å². The van der Waals surface area contributed by atoms with E-state index in [1.165, 1.54) is 13.2 Å². The van der Waals surface area contributed by atoms with Crippen molar-refractivity contribution in [2.24, 2.45) is 5.73 Å². The first kappa shape index (κ1) is 13.7. The molecule has 1 aliphatic carbocycles. The second-order valence-corrected chi connectivity index (χ2v) is 5.55. The molecule has 1 aromatic carbocycles. The maximum Gasteiger partial charge on any atom is 0.182 e. The van der Waals surface area contributed by atoms with E-state index < -0.39 is 11.6 Å². The molecule has 0 saturated heterocycles. The van der Waals surface area contributed by atoms with Crippen molar-refractivity contribution in [3.63, 3.8) is 0 Å². The van der Waals surface area contributed by atoms with Crippen LogP contribution in [0.1, 0.15) is 31.2 Å². The molecule has 1 aliphatic rings. The summed E-state index contributed by atoms with van der Waals surface area (Å²) < 4.78 is 32.7. The quantitative estimate of drug-likeness (QED) is 0.865. The molecule has 0 spiro atoms. The van der Waals surface area contributed by atoms with E-state index in [4.69, 9.17) is 10.5 Å². The minimum Gasteiger partial charge on any atom is -0.493 e. The van der Waals surface area contributed by atoms with Crippen molar-refractivity contribution >= 4 is 15.9 Å². The van der Waals surface area contributed by atoms with Crippen LogP contribution in [0, 0.1) is 11.6 Å². The molecule has 18 heavy (non-hydrogen) atoms. The van der Waals surface area contributed by atoms with Gasteiger partial charge in [-0.05, 0) is 34.8 Å². The normalized spacial score (nSPS) is 18.1. The van der Waals surface area contributed by atoms with Crippen molar-refractivity contribution in [1.29, 1.82) is 0 Å². The molecule has 2 N–H and O–H groups in total. The number of hydrogen-bond donors (Lipinski definition) is 1. The monoisotopic (exact) mass is 319 g/mol. The van der Waals surface area contributed by atoms with Crippen molar-refractivity contribution in [2.45, 2.75) is 31.1 Å². The van der Waals surface area contributed by atoms with Gasteiger partial charge in [-0.25, -0.2) is 8.78 Å². The summed E-state index contributed by atoms with van der Waals surface area (Å²) in [7, 11) is 1.39. The summed E-state index contributed by atoms with van der Waals surface area (Å²) in [6.45, 7) is 0.379. The summed E-state index contributed by atoms with van der Waals surface area (Å²) in [4.78, 5) is 0. The SMILES string of the molecule is COc1c(C2(CN)CCCC2)cc(F)c(Br)c1F. The van der Waals surface area contributed by atoms with Gasteiger partial charge in [-0.1, -0.05) is 12.8 Å². The molecular weight excluding hydrogens is 304 g/mol. The topological polar surface area (TPSA) is 35.2 Å². The Bertz CT molecular complexity index is 459. The van der Waals surface area contributed by atoms with Crippen LogP contribution in [0.25, 0.3) is 0 Å². The van der Waals surface area contributed by atoms with Gasteiger partial charge in [-0.2, -0.15) is 0 Å². The van der Waals surface area contributed by atoms with Gasteiger partial charge in [0.05, 0.1) is 11.6 Å². The second-order valence-electron chi connectivity index (χ2n) is 4.76. The summed E-state index contributed by atoms with van der Waals surface area (Å²) >= 11 is 2.89. The van der Waals surface area contributed by atoms with Gasteiger partial charge in [0.2, 0.25) is 0 Å². The Morgan fingerprint density at radius 1 is 1.39 bits per heavy atom. The third kappa shape index (κ3) is 2.03.